The Bertz CT molecular complexity index is 1000. The molecule has 228 valence electrons. The fourth-order valence-electron chi connectivity index (χ4n) is 5.15. The average Bonchev–Trinajstić information content (AvgIpc) is 3.31. The van der Waals surface area contributed by atoms with Gasteiger partial charge in [-0.2, -0.15) is 0 Å². The van der Waals surface area contributed by atoms with Gasteiger partial charge in [0.25, 0.3) is 0 Å². The van der Waals surface area contributed by atoms with Gasteiger partial charge in [-0.05, 0) is 19.3 Å². The largest absolute Gasteiger partial charge is 0.382 e. The third-order valence-corrected chi connectivity index (χ3v) is 8.86. The number of anilines is 1. The lowest BCUT2D eigenvalue weighted by molar-refractivity contribution is 0.0610. The van der Waals surface area contributed by atoms with E-state index in [0.29, 0.717) is 36.7 Å². The molecule has 1 unspecified atom stereocenters. The van der Waals surface area contributed by atoms with E-state index in [2.05, 4.69) is 15.0 Å². The first-order valence-electron chi connectivity index (χ1n) is 15.5. The quantitative estimate of drug-likeness (QED) is 0.101. The van der Waals surface area contributed by atoms with Crippen LogP contribution < -0.4 is 5.73 Å². The molecule has 1 aliphatic rings. The lowest BCUT2D eigenvalue weighted by Crippen LogP contribution is -2.18. The SMILES string of the molecule is C[C@H](Cn1cnc2c(N)ncnc21)OCP(=O)(O)OCCOCCCCCCCCCCCCCCC1CCC1. The number of nitrogens with zero attached hydrogens (tertiary/aromatic N) is 4. The summed E-state index contributed by atoms with van der Waals surface area (Å²) in [5.74, 6) is 1.39. The summed E-state index contributed by atoms with van der Waals surface area (Å²) < 4.78 is 30.3. The van der Waals surface area contributed by atoms with Crippen molar-refractivity contribution in [1.82, 2.24) is 19.5 Å². The molecule has 2 heterocycles. The van der Waals surface area contributed by atoms with E-state index in [0.717, 1.165) is 18.8 Å². The minimum Gasteiger partial charge on any atom is -0.382 e. The third-order valence-electron chi connectivity index (χ3n) is 7.80. The minimum atomic E-state index is -3.86. The molecule has 10 nitrogen and oxygen atoms in total. The molecular weight excluding hydrogens is 529 g/mol. The predicted octanol–water partition coefficient (Wildman–Crippen LogP) is 6.86. The molecule has 1 saturated carbocycles. The van der Waals surface area contributed by atoms with E-state index >= 15 is 0 Å². The van der Waals surface area contributed by atoms with Crippen LogP contribution in [0.5, 0.6) is 0 Å². The van der Waals surface area contributed by atoms with Crippen LogP contribution in [0.25, 0.3) is 11.2 Å². The van der Waals surface area contributed by atoms with E-state index in [4.69, 9.17) is 19.7 Å². The molecule has 0 amide bonds. The smallest absolute Gasteiger partial charge is 0.353 e. The summed E-state index contributed by atoms with van der Waals surface area (Å²) in [6, 6.07) is 0. The van der Waals surface area contributed by atoms with Crippen molar-refractivity contribution in [3.8, 4) is 0 Å². The van der Waals surface area contributed by atoms with Crippen molar-refractivity contribution in [2.24, 2.45) is 5.92 Å². The summed E-state index contributed by atoms with van der Waals surface area (Å²) in [6.07, 6.45) is 24.1. The Morgan fingerprint density at radius 3 is 2.25 bits per heavy atom. The highest BCUT2D eigenvalue weighted by molar-refractivity contribution is 7.52. The molecular formula is C29H52N5O5P. The number of ether oxygens (including phenoxy) is 2. The lowest BCUT2D eigenvalue weighted by atomic mass is 9.81. The summed E-state index contributed by atoms with van der Waals surface area (Å²) in [5.41, 5.74) is 6.92. The molecule has 0 saturated heterocycles. The molecule has 1 aliphatic carbocycles. The van der Waals surface area contributed by atoms with Crippen LogP contribution in [0, 0.1) is 5.92 Å². The first kappa shape index (κ1) is 32.9. The van der Waals surface area contributed by atoms with Crippen molar-refractivity contribution in [3.63, 3.8) is 0 Å². The summed E-state index contributed by atoms with van der Waals surface area (Å²) in [4.78, 5) is 22.4. The van der Waals surface area contributed by atoms with Gasteiger partial charge in [-0.25, -0.2) is 15.0 Å². The summed E-state index contributed by atoms with van der Waals surface area (Å²) in [5, 5.41) is 0. The zero-order valence-corrected chi connectivity index (χ0v) is 25.4. The van der Waals surface area contributed by atoms with Crippen molar-refractivity contribution < 1.29 is 23.5 Å². The van der Waals surface area contributed by atoms with Crippen LogP contribution >= 0.6 is 7.60 Å². The molecule has 3 rings (SSSR count). The Hall–Kier alpha value is -1.58. The fourth-order valence-corrected chi connectivity index (χ4v) is 6.03. The van der Waals surface area contributed by atoms with Gasteiger partial charge in [0.05, 0.1) is 32.2 Å². The van der Waals surface area contributed by atoms with Gasteiger partial charge in [0.2, 0.25) is 0 Å². The summed E-state index contributed by atoms with van der Waals surface area (Å²) >= 11 is 0. The number of fused-ring (bicyclic) bond motifs is 1. The van der Waals surface area contributed by atoms with Gasteiger partial charge >= 0.3 is 7.60 Å². The third kappa shape index (κ3) is 12.9. The number of nitrogens with two attached hydrogens (primary N) is 1. The molecule has 3 N–H and O–H groups in total. The topological polar surface area (TPSA) is 135 Å². The van der Waals surface area contributed by atoms with Crippen LogP contribution in [-0.2, 0) is 25.1 Å². The lowest BCUT2D eigenvalue weighted by Gasteiger charge is -2.24. The van der Waals surface area contributed by atoms with E-state index in [1.165, 1.54) is 96.2 Å². The number of imidazole rings is 1. The van der Waals surface area contributed by atoms with Crippen molar-refractivity contribution in [2.45, 2.75) is 122 Å². The number of hydrogen-bond acceptors (Lipinski definition) is 8. The first-order valence-corrected chi connectivity index (χ1v) is 17.3. The van der Waals surface area contributed by atoms with Crippen LogP contribution in [0.15, 0.2) is 12.7 Å². The maximum atomic E-state index is 12.3. The molecule has 2 aromatic heterocycles. The van der Waals surface area contributed by atoms with Gasteiger partial charge in [0.1, 0.15) is 18.2 Å². The second kappa shape index (κ2) is 18.8. The maximum Gasteiger partial charge on any atom is 0.353 e. The monoisotopic (exact) mass is 581 g/mol. The zero-order valence-electron chi connectivity index (χ0n) is 24.6. The second-order valence-electron chi connectivity index (χ2n) is 11.3. The molecule has 1 fully saturated rings. The molecule has 0 aliphatic heterocycles. The van der Waals surface area contributed by atoms with Gasteiger partial charge in [-0.1, -0.05) is 96.3 Å². The Balaban J connectivity index is 1.07. The molecule has 0 spiro atoms. The number of rotatable bonds is 24. The van der Waals surface area contributed by atoms with Crippen molar-refractivity contribution >= 4 is 24.6 Å². The van der Waals surface area contributed by atoms with E-state index in [9.17, 15) is 9.46 Å². The first-order chi connectivity index (χ1) is 19.4. The van der Waals surface area contributed by atoms with Crippen LogP contribution in [0.2, 0.25) is 0 Å². The average molecular weight is 582 g/mol. The van der Waals surface area contributed by atoms with Crippen molar-refractivity contribution in [1.29, 1.82) is 0 Å². The number of unbranched alkanes of at least 4 members (excludes halogenated alkanes) is 11. The van der Waals surface area contributed by atoms with Crippen molar-refractivity contribution in [2.75, 3.05) is 31.9 Å². The Kier molecular flexibility index (Phi) is 15.5. The molecule has 0 aromatic carbocycles. The molecule has 0 bridgehead atoms. The van der Waals surface area contributed by atoms with E-state index in [1.54, 1.807) is 17.8 Å². The van der Waals surface area contributed by atoms with Crippen LogP contribution in [-0.4, -0.2) is 56.7 Å². The Morgan fingerprint density at radius 1 is 0.950 bits per heavy atom. The molecule has 0 radical (unpaired) electrons. The van der Waals surface area contributed by atoms with Gasteiger partial charge in [-0.3, -0.25) is 4.57 Å². The summed E-state index contributed by atoms with van der Waals surface area (Å²) in [6.45, 7) is 3.21. The fraction of sp³-hybridized carbons (Fsp3) is 0.828. The van der Waals surface area contributed by atoms with Gasteiger partial charge in [0.15, 0.2) is 11.5 Å². The van der Waals surface area contributed by atoms with Gasteiger partial charge < -0.3 is 29.2 Å². The van der Waals surface area contributed by atoms with Crippen molar-refractivity contribution in [3.05, 3.63) is 12.7 Å². The molecule has 2 aromatic rings. The van der Waals surface area contributed by atoms with E-state index in [-0.39, 0.29) is 12.7 Å². The normalized spacial score (nSPS) is 16.2. The highest BCUT2D eigenvalue weighted by Crippen LogP contribution is 2.41. The highest BCUT2D eigenvalue weighted by Gasteiger charge is 2.22. The highest BCUT2D eigenvalue weighted by atomic mass is 31.2. The number of nitrogen functional groups attached to an aromatic ring is 1. The van der Waals surface area contributed by atoms with E-state index in [1.807, 2.05) is 0 Å². The van der Waals surface area contributed by atoms with Gasteiger partial charge in [-0.15, -0.1) is 0 Å². The van der Waals surface area contributed by atoms with Gasteiger partial charge in [0, 0.05) is 6.61 Å². The standard InChI is InChI=1S/C29H52N5O5P/c1-25(21-34-23-33-27-28(30)31-22-32-29(27)34)38-24-40(35,36)39-20-19-37-18-13-11-9-7-5-3-2-4-6-8-10-12-15-26-16-14-17-26/h22-23,25-26H,2-21,24H2,1H3,(H,35,36)(H2,30,31,32)/t25-/m1/s1. The molecule has 11 heteroatoms. The number of aromatic nitrogens is 4. The minimum absolute atomic E-state index is 0.0639. The number of hydrogen-bond donors (Lipinski definition) is 2. The Labute approximate surface area is 240 Å². The summed E-state index contributed by atoms with van der Waals surface area (Å²) in [7, 11) is -3.86. The second-order valence-corrected chi connectivity index (χ2v) is 13.1. The van der Waals surface area contributed by atoms with Crippen LogP contribution in [0.1, 0.15) is 110 Å². The molecule has 2 atom stereocenters. The zero-order chi connectivity index (χ0) is 28.5. The Morgan fingerprint density at radius 2 is 1.60 bits per heavy atom. The maximum absolute atomic E-state index is 12.3. The van der Waals surface area contributed by atoms with Crippen LogP contribution in [0.3, 0.4) is 0 Å². The van der Waals surface area contributed by atoms with E-state index < -0.39 is 13.9 Å². The van der Waals surface area contributed by atoms with Crippen LogP contribution in [0.4, 0.5) is 5.82 Å². The molecule has 40 heavy (non-hydrogen) atoms. The predicted molar refractivity (Wildman–Crippen MR) is 159 cm³/mol.